The maximum absolute atomic E-state index is 13.5. The largest absolute Gasteiger partial charge is 0.388 e. The maximum Gasteiger partial charge on any atom is 0.129 e. The SMILES string of the molecule is Cc1cc(C(O)C2CCOC2C)cc(C)c1F. The molecule has 1 aliphatic rings. The Morgan fingerprint density at radius 2 is 1.94 bits per heavy atom. The van der Waals surface area contributed by atoms with Crippen LogP contribution in [0.4, 0.5) is 4.39 Å². The van der Waals surface area contributed by atoms with Crippen LogP contribution in [0.1, 0.15) is 36.1 Å². The molecule has 0 spiro atoms. The molecule has 3 unspecified atom stereocenters. The Morgan fingerprint density at radius 3 is 2.41 bits per heavy atom. The summed E-state index contributed by atoms with van der Waals surface area (Å²) in [4.78, 5) is 0. The fourth-order valence-corrected chi connectivity index (χ4v) is 2.56. The highest BCUT2D eigenvalue weighted by Crippen LogP contribution is 2.34. The minimum absolute atomic E-state index is 0.0654. The van der Waals surface area contributed by atoms with E-state index in [4.69, 9.17) is 4.74 Å². The molecule has 0 aromatic heterocycles. The zero-order chi connectivity index (χ0) is 12.6. The summed E-state index contributed by atoms with van der Waals surface area (Å²) < 4.78 is 19.0. The number of aryl methyl sites for hydroxylation is 2. The van der Waals surface area contributed by atoms with Crippen LogP contribution in [0.25, 0.3) is 0 Å². The Labute approximate surface area is 101 Å². The first kappa shape index (κ1) is 12.5. The topological polar surface area (TPSA) is 29.5 Å². The lowest BCUT2D eigenvalue weighted by Crippen LogP contribution is -2.20. The molecule has 1 aliphatic heterocycles. The third-order valence-electron chi connectivity index (χ3n) is 3.64. The van der Waals surface area contributed by atoms with Gasteiger partial charge in [0.1, 0.15) is 5.82 Å². The zero-order valence-corrected chi connectivity index (χ0v) is 10.5. The van der Waals surface area contributed by atoms with Crippen molar-refractivity contribution in [3.05, 3.63) is 34.6 Å². The highest BCUT2D eigenvalue weighted by molar-refractivity contribution is 5.32. The van der Waals surface area contributed by atoms with Gasteiger partial charge in [-0.1, -0.05) is 12.1 Å². The fourth-order valence-electron chi connectivity index (χ4n) is 2.56. The Balaban J connectivity index is 2.27. The van der Waals surface area contributed by atoms with Crippen LogP contribution in [0.15, 0.2) is 12.1 Å². The van der Waals surface area contributed by atoms with Crippen molar-refractivity contribution in [2.24, 2.45) is 5.92 Å². The van der Waals surface area contributed by atoms with Crippen LogP contribution in [0.2, 0.25) is 0 Å². The van der Waals surface area contributed by atoms with E-state index in [9.17, 15) is 9.50 Å². The van der Waals surface area contributed by atoms with Crippen LogP contribution >= 0.6 is 0 Å². The third-order valence-corrected chi connectivity index (χ3v) is 3.64. The maximum atomic E-state index is 13.5. The lowest BCUT2D eigenvalue weighted by atomic mass is 9.89. The molecular weight excluding hydrogens is 219 g/mol. The number of benzene rings is 1. The van der Waals surface area contributed by atoms with Gasteiger partial charge >= 0.3 is 0 Å². The smallest absolute Gasteiger partial charge is 0.129 e. The molecule has 1 aromatic rings. The summed E-state index contributed by atoms with van der Waals surface area (Å²) >= 11 is 0. The molecule has 94 valence electrons. The molecule has 0 amide bonds. The quantitative estimate of drug-likeness (QED) is 0.858. The first-order valence-electron chi connectivity index (χ1n) is 6.07. The van der Waals surface area contributed by atoms with Gasteiger partial charge in [0.15, 0.2) is 0 Å². The summed E-state index contributed by atoms with van der Waals surface area (Å²) in [7, 11) is 0. The predicted molar refractivity (Wildman–Crippen MR) is 64.4 cm³/mol. The number of hydrogen-bond donors (Lipinski definition) is 1. The molecule has 1 heterocycles. The first-order chi connectivity index (χ1) is 8.00. The Morgan fingerprint density at radius 1 is 1.35 bits per heavy atom. The van der Waals surface area contributed by atoms with Crippen molar-refractivity contribution in [3.63, 3.8) is 0 Å². The molecule has 3 heteroatoms. The number of aliphatic hydroxyl groups is 1. The Hall–Kier alpha value is -0.930. The van der Waals surface area contributed by atoms with E-state index in [1.165, 1.54) is 0 Å². The van der Waals surface area contributed by atoms with Crippen LogP contribution in [0.3, 0.4) is 0 Å². The lowest BCUT2D eigenvalue weighted by Gasteiger charge is -2.22. The van der Waals surface area contributed by atoms with Gasteiger partial charge in [-0.25, -0.2) is 4.39 Å². The van der Waals surface area contributed by atoms with Crippen molar-refractivity contribution in [2.45, 2.75) is 39.4 Å². The summed E-state index contributed by atoms with van der Waals surface area (Å²) in [6.45, 7) is 6.13. The molecule has 17 heavy (non-hydrogen) atoms. The minimum atomic E-state index is -0.564. The van der Waals surface area contributed by atoms with Crippen molar-refractivity contribution in [1.29, 1.82) is 0 Å². The van der Waals surface area contributed by atoms with Gasteiger partial charge in [-0.3, -0.25) is 0 Å². The van der Waals surface area contributed by atoms with E-state index in [-0.39, 0.29) is 17.8 Å². The lowest BCUT2D eigenvalue weighted by molar-refractivity contribution is 0.0430. The van der Waals surface area contributed by atoms with Gasteiger partial charge in [0.2, 0.25) is 0 Å². The molecule has 0 radical (unpaired) electrons. The minimum Gasteiger partial charge on any atom is -0.388 e. The van der Waals surface area contributed by atoms with Crippen molar-refractivity contribution in [2.75, 3.05) is 6.61 Å². The van der Waals surface area contributed by atoms with Crippen LogP contribution in [0, 0.1) is 25.6 Å². The van der Waals surface area contributed by atoms with Crippen LogP contribution in [0.5, 0.6) is 0 Å². The van der Waals surface area contributed by atoms with E-state index in [0.717, 1.165) is 12.0 Å². The van der Waals surface area contributed by atoms with Crippen molar-refractivity contribution >= 4 is 0 Å². The van der Waals surface area contributed by atoms with E-state index < -0.39 is 6.10 Å². The highest BCUT2D eigenvalue weighted by Gasteiger charge is 2.31. The normalized spacial score (nSPS) is 26.2. The second kappa shape index (κ2) is 4.75. The van der Waals surface area contributed by atoms with E-state index >= 15 is 0 Å². The Kier molecular flexibility index (Phi) is 3.50. The average molecular weight is 238 g/mol. The average Bonchev–Trinajstić information content (AvgIpc) is 2.70. The summed E-state index contributed by atoms with van der Waals surface area (Å²) in [6, 6.07) is 3.47. The number of rotatable bonds is 2. The van der Waals surface area contributed by atoms with E-state index in [0.29, 0.717) is 17.7 Å². The van der Waals surface area contributed by atoms with Crippen LogP contribution in [-0.4, -0.2) is 17.8 Å². The van der Waals surface area contributed by atoms with Gasteiger partial charge in [0, 0.05) is 12.5 Å². The summed E-state index contributed by atoms with van der Waals surface area (Å²) in [5.41, 5.74) is 1.97. The second-order valence-corrected chi connectivity index (χ2v) is 4.94. The Bertz CT molecular complexity index is 394. The van der Waals surface area contributed by atoms with Crippen LogP contribution in [-0.2, 0) is 4.74 Å². The molecular formula is C14H19FO2. The van der Waals surface area contributed by atoms with E-state index in [2.05, 4.69) is 0 Å². The molecule has 2 rings (SSSR count). The molecule has 1 fully saturated rings. The van der Waals surface area contributed by atoms with E-state index in [1.807, 2.05) is 6.92 Å². The molecule has 1 aromatic carbocycles. The van der Waals surface area contributed by atoms with E-state index in [1.54, 1.807) is 26.0 Å². The summed E-state index contributed by atoms with van der Waals surface area (Å²) in [6.07, 6.45) is 0.360. The summed E-state index contributed by atoms with van der Waals surface area (Å²) in [5.74, 6) is -0.0732. The van der Waals surface area contributed by atoms with Crippen molar-refractivity contribution in [1.82, 2.24) is 0 Å². The number of hydrogen-bond acceptors (Lipinski definition) is 2. The molecule has 0 saturated carbocycles. The van der Waals surface area contributed by atoms with Gasteiger partial charge in [0.25, 0.3) is 0 Å². The van der Waals surface area contributed by atoms with Gasteiger partial charge < -0.3 is 9.84 Å². The number of aliphatic hydroxyl groups excluding tert-OH is 1. The zero-order valence-electron chi connectivity index (χ0n) is 10.5. The number of ether oxygens (including phenoxy) is 1. The van der Waals surface area contributed by atoms with Gasteiger partial charge in [-0.05, 0) is 43.9 Å². The van der Waals surface area contributed by atoms with Gasteiger partial charge in [0.05, 0.1) is 12.2 Å². The van der Waals surface area contributed by atoms with Crippen LogP contribution < -0.4 is 0 Å². The number of halogens is 1. The molecule has 0 bridgehead atoms. The molecule has 2 nitrogen and oxygen atoms in total. The summed E-state index contributed by atoms with van der Waals surface area (Å²) in [5, 5.41) is 10.3. The molecule has 1 saturated heterocycles. The van der Waals surface area contributed by atoms with Crippen molar-refractivity contribution < 1.29 is 14.2 Å². The second-order valence-electron chi connectivity index (χ2n) is 4.94. The first-order valence-corrected chi connectivity index (χ1v) is 6.07. The predicted octanol–water partition coefficient (Wildman–Crippen LogP) is 2.90. The molecule has 1 N–H and O–H groups in total. The third kappa shape index (κ3) is 2.35. The fraction of sp³-hybridized carbons (Fsp3) is 0.571. The van der Waals surface area contributed by atoms with Gasteiger partial charge in [-0.15, -0.1) is 0 Å². The standard InChI is InChI=1S/C14H19FO2/c1-8-6-11(7-9(2)13(8)15)14(16)12-4-5-17-10(12)3/h6-7,10,12,14,16H,4-5H2,1-3H3. The van der Waals surface area contributed by atoms with Crippen molar-refractivity contribution in [3.8, 4) is 0 Å². The molecule has 0 aliphatic carbocycles. The highest BCUT2D eigenvalue weighted by atomic mass is 19.1. The van der Waals surface area contributed by atoms with Gasteiger partial charge in [-0.2, -0.15) is 0 Å². The monoisotopic (exact) mass is 238 g/mol. The molecule has 3 atom stereocenters.